The molecule has 0 saturated carbocycles. The van der Waals surface area contributed by atoms with Gasteiger partial charge in [0.05, 0.1) is 17.8 Å². The molecule has 0 saturated heterocycles. The van der Waals surface area contributed by atoms with Gasteiger partial charge in [-0.1, -0.05) is 23.7 Å². The first kappa shape index (κ1) is 16.6. The molecule has 6 nitrogen and oxygen atoms in total. The SMILES string of the molecule is COc1ccc(CNC(=O)C(=O)Nc2ccc(N)cc2Cl)cc1. The second-order valence-electron chi connectivity index (χ2n) is 4.72. The standard InChI is InChI=1S/C16H16ClN3O3/c1-23-12-5-2-10(3-6-12)9-19-15(21)16(22)20-14-7-4-11(18)8-13(14)17/h2-8H,9,18H2,1H3,(H,19,21)(H,20,22). The van der Waals surface area contributed by atoms with Crippen LogP contribution < -0.4 is 21.1 Å². The average Bonchev–Trinajstić information content (AvgIpc) is 2.55. The Morgan fingerprint density at radius 2 is 1.83 bits per heavy atom. The lowest BCUT2D eigenvalue weighted by Gasteiger charge is -2.09. The van der Waals surface area contributed by atoms with Crippen molar-refractivity contribution in [3.05, 3.63) is 53.1 Å². The van der Waals surface area contributed by atoms with Crippen LogP contribution in [0.4, 0.5) is 11.4 Å². The number of carbonyl (C=O) groups excluding carboxylic acids is 2. The number of halogens is 1. The lowest BCUT2D eigenvalue weighted by atomic mass is 10.2. The summed E-state index contributed by atoms with van der Waals surface area (Å²) in [4.78, 5) is 23.6. The van der Waals surface area contributed by atoms with Crippen LogP contribution in [0.1, 0.15) is 5.56 Å². The van der Waals surface area contributed by atoms with Crippen LogP contribution in [0, 0.1) is 0 Å². The summed E-state index contributed by atoms with van der Waals surface area (Å²) in [5, 5.41) is 5.23. The lowest BCUT2D eigenvalue weighted by molar-refractivity contribution is -0.136. The molecule has 23 heavy (non-hydrogen) atoms. The highest BCUT2D eigenvalue weighted by molar-refractivity contribution is 6.41. The molecule has 0 aliphatic carbocycles. The largest absolute Gasteiger partial charge is 0.497 e. The van der Waals surface area contributed by atoms with Crippen molar-refractivity contribution in [3.63, 3.8) is 0 Å². The monoisotopic (exact) mass is 333 g/mol. The van der Waals surface area contributed by atoms with Gasteiger partial charge >= 0.3 is 11.8 Å². The van der Waals surface area contributed by atoms with Gasteiger partial charge in [-0.25, -0.2) is 0 Å². The molecule has 7 heteroatoms. The summed E-state index contributed by atoms with van der Waals surface area (Å²) in [5.41, 5.74) is 7.20. The van der Waals surface area contributed by atoms with E-state index >= 15 is 0 Å². The van der Waals surface area contributed by atoms with Crippen LogP contribution in [0.2, 0.25) is 5.02 Å². The molecule has 0 unspecified atom stereocenters. The van der Waals surface area contributed by atoms with Gasteiger partial charge in [0.15, 0.2) is 0 Å². The van der Waals surface area contributed by atoms with Crippen molar-refractivity contribution >= 4 is 34.8 Å². The minimum absolute atomic E-state index is 0.228. The third-order valence-corrected chi connectivity index (χ3v) is 3.37. The Balaban J connectivity index is 1.90. The number of nitrogens with two attached hydrogens (primary N) is 1. The number of hydrogen-bond donors (Lipinski definition) is 3. The van der Waals surface area contributed by atoms with Crippen molar-refractivity contribution in [2.24, 2.45) is 0 Å². The van der Waals surface area contributed by atoms with Crippen LogP contribution >= 0.6 is 11.6 Å². The smallest absolute Gasteiger partial charge is 0.313 e. The van der Waals surface area contributed by atoms with E-state index in [4.69, 9.17) is 22.1 Å². The molecule has 2 rings (SSSR count). The first-order valence-electron chi connectivity index (χ1n) is 6.76. The molecule has 0 atom stereocenters. The van der Waals surface area contributed by atoms with Crippen LogP contribution in [0.15, 0.2) is 42.5 Å². The van der Waals surface area contributed by atoms with Crippen LogP contribution in [-0.4, -0.2) is 18.9 Å². The number of methoxy groups -OCH3 is 1. The van der Waals surface area contributed by atoms with Crippen molar-refractivity contribution in [2.45, 2.75) is 6.54 Å². The van der Waals surface area contributed by atoms with E-state index < -0.39 is 11.8 Å². The van der Waals surface area contributed by atoms with E-state index in [0.717, 1.165) is 11.3 Å². The summed E-state index contributed by atoms with van der Waals surface area (Å²) >= 11 is 5.94. The molecule has 2 amide bonds. The van der Waals surface area contributed by atoms with Crippen LogP contribution in [0.25, 0.3) is 0 Å². The lowest BCUT2D eigenvalue weighted by Crippen LogP contribution is -2.35. The van der Waals surface area contributed by atoms with E-state index in [1.807, 2.05) is 0 Å². The summed E-state index contributed by atoms with van der Waals surface area (Å²) in [5.74, 6) is -0.838. The first-order valence-corrected chi connectivity index (χ1v) is 7.14. The molecule has 2 aromatic rings. The number of anilines is 2. The third kappa shape index (κ3) is 4.62. The number of amides is 2. The zero-order chi connectivity index (χ0) is 16.8. The molecule has 0 aliphatic rings. The number of hydrogen-bond acceptors (Lipinski definition) is 4. The topological polar surface area (TPSA) is 93.4 Å². The highest BCUT2D eigenvalue weighted by Crippen LogP contribution is 2.23. The normalized spacial score (nSPS) is 10.0. The number of nitrogens with one attached hydrogen (secondary N) is 2. The summed E-state index contributed by atoms with van der Waals surface area (Å²) in [7, 11) is 1.57. The Bertz CT molecular complexity index is 717. The Hall–Kier alpha value is -2.73. The molecule has 0 heterocycles. The maximum atomic E-state index is 11.8. The number of nitrogen functional groups attached to an aromatic ring is 1. The second kappa shape index (κ2) is 7.51. The predicted octanol–water partition coefficient (Wildman–Crippen LogP) is 2.19. The van der Waals surface area contributed by atoms with Gasteiger partial charge < -0.3 is 21.1 Å². The maximum absolute atomic E-state index is 11.8. The average molecular weight is 334 g/mol. The molecule has 2 aromatic carbocycles. The summed E-state index contributed by atoms with van der Waals surface area (Å²) in [6.45, 7) is 0.228. The van der Waals surface area contributed by atoms with Gasteiger partial charge in [0.1, 0.15) is 5.75 Å². The first-order chi connectivity index (χ1) is 11.0. The van der Waals surface area contributed by atoms with E-state index in [9.17, 15) is 9.59 Å². The fraction of sp³-hybridized carbons (Fsp3) is 0.125. The number of benzene rings is 2. The molecule has 0 aliphatic heterocycles. The van der Waals surface area contributed by atoms with Gasteiger partial charge in [-0.2, -0.15) is 0 Å². The van der Waals surface area contributed by atoms with Crippen molar-refractivity contribution in [2.75, 3.05) is 18.2 Å². The van der Waals surface area contributed by atoms with Gasteiger partial charge in [0, 0.05) is 12.2 Å². The minimum atomic E-state index is -0.801. The third-order valence-electron chi connectivity index (χ3n) is 3.06. The number of carbonyl (C=O) groups is 2. The predicted molar refractivity (Wildman–Crippen MR) is 89.3 cm³/mol. The maximum Gasteiger partial charge on any atom is 0.313 e. The zero-order valence-electron chi connectivity index (χ0n) is 12.4. The Kier molecular flexibility index (Phi) is 5.43. The molecule has 0 radical (unpaired) electrons. The van der Waals surface area contributed by atoms with Gasteiger partial charge in [-0.3, -0.25) is 9.59 Å². The fourth-order valence-electron chi connectivity index (χ4n) is 1.82. The summed E-state index contributed by atoms with van der Waals surface area (Å²) in [6.07, 6.45) is 0. The van der Waals surface area contributed by atoms with E-state index in [2.05, 4.69) is 10.6 Å². The zero-order valence-corrected chi connectivity index (χ0v) is 13.2. The molecular weight excluding hydrogens is 318 g/mol. The van der Waals surface area contributed by atoms with Gasteiger partial charge in [0.25, 0.3) is 0 Å². The molecular formula is C16H16ClN3O3. The van der Waals surface area contributed by atoms with E-state index in [-0.39, 0.29) is 11.6 Å². The van der Waals surface area contributed by atoms with Crippen molar-refractivity contribution in [1.29, 1.82) is 0 Å². The Labute approximate surface area is 138 Å². The fourth-order valence-corrected chi connectivity index (χ4v) is 2.05. The van der Waals surface area contributed by atoms with E-state index in [1.54, 1.807) is 37.4 Å². The van der Waals surface area contributed by atoms with Crippen LogP contribution in [-0.2, 0) is 16.1 Å². The van der Waals surface area contributed by atoms with E-state index in [0.29, 0.717) is 11.4 Å². The highest BCUT2D eigenvalue weighted by Gasteiger charge is 2.14. The van der Waals surface area contributed by atoms with Gasteiger partial charge in [0.2, 0.25) is 0 Å². The van der Waals surface area contributed by atoms with Crippen LogP contribution in [0.3, 0.4) is 0 Å². The van der Waals surface area contributed by atoms with Crippen molar-refractivity contribution in [1.82, 2.24) is 5.32 Å². The minimum Gasteiger partial charge on any atom is -0.497 e. The Morgan fingerprint density at radius 1 is 1.13 bits per heavy atom. The molecule has 0 bridgehead atoms. The second-order valence-corrected chi connectivity index (χ2v) is 5.13. The van der Waals surface area contributed by atoms with Gasteiger partial charge in [-0.15, -0.1) is 0 Å². The Morgan fingerprint density at radius 3 is 2.43 bits per heavy atom. The molecule has 120 valence electrons. The highest BCUT2D eigenvalue weighted by atomic mass is 35.5. The summed E-state index contributed by atoms with van der Waals surface area (Å²) < 4.78 is 5.05. The summed E-state index contributed by atoms with van der Waals surface area (Å²) in [6, 6.07) is 11.8. The quantitative estimate of drug-likeness (QED) is 0.590. The van der Waals surface area contributed by atoms with Gasteiger partial charge in [-0.05, 0) is 35.9 Å². The molecule has 0 fully saturated rings. The molecule has 0 aromatic heterocycles. The number of rotatable bonds is 4. The van der Waals surface area contributed by atoms with Crippen molar-refractivity contribution < 1.29 is 14.3 Å². The van der Waals surface area contributed by atoms with E-state index in [1.165, 1.54) is 12.1 Å². The number of ether oxygens (including phenoxy) is 1. The van der Waals surface area contributed by atoms with Crippen LogP contribution in [0.5, 0.6) is 5.75 Å². The molecule has 0 spiro atoms. The molecule has 4 N–H and O–H groups in total. The van der Waals surface area contributed by atoms with Crippen molar-refractivity contribution in [3.8, 4) is 5.75 Å².